The van der Waals surface area contributed by atoms with Crippen LogP contribution in [0.1, 0.15) is 29.5 Å². The molecular formula is C17H19NO. The molecule has 2 nitrogen and oxygen atoms in total. The molecule has 0 aromatic heterocycles. The van der Waals surface area contributed by atoms with Crippen molar-refractivity contribution in [2.45, 2.75) is 19.3 Å². The standard InChI is InChI=1S/C17H19NO/c1-3-11-4-6-13-14-7-5-12(19-2)9-16(14)17(10-18)15(13)8-11/h4-9,17H,3,10,18H2,1-2H3. The lowest BCUT2D eigenvalue weighted by Gasteiger charge is -2.12. The fourth-order valence-corrected chi connectivity index (χ4v) is 2.99. The normalized spacial score (nSPS) is 16.1. The lowest BCUT2D eigenvalue weighted by molar-refractivity contribution is 0.414. The molecule has 0 spiro atoms. The molecule has 0 radical (unpaired) electrons. The van der Waals surface area contributed by atoms with Crippen LogP contribution in [-0.2, 0) is 6.42 Å². The molecule has 1 unspecified atom stereocenters. The zero-order chi connectivity index (χ0) is 13.4. The Balaban J connectivity index is 2.19. The Morgan fingerprint density at radius 1 is 1.05 bits per heavy atom. The fourth-order valence-electron chi connectivity index (χ4n) is 2.99. The van der Waals surface area contributed by atoms with E-state index in [9.17, 15) is 0 Å². The first-order chi connectivity index (χ1) is 9.28. The molecule has 2 aromatic rings. The van der Waals surface area contributed by atoms with E-state index >= 15 is 0 Å². The summed E-state index contributed by atoms with van der Waals surface area (Å²) in [7, 11) is 1.70. The van der Waals surface area contributed by atoms with Crippen molar-refractivity contribution in [3.05, 3.63) is 53.1 Å². The van der Waals surface area contributed by atoms with E-state index in [0.29, 0.717) is 12.5 Å². The monoisotopic (exact) mass is 253 g/mol. The molecule has 98 valence electrons. The van der Waals surface area contributed by atoms with Crippen LogP contribution in [0.2, 0.25) is 0 Å². The van der Waals surface area contributed by atoms with E-state index < -0.39 is 0 Å². The number of hydrogen-bond acceptors (Lipinski definition) is 2. The van der Waals surface area contributed by atoms with Crippen LogP contribution in [-0.4, -0.2) is 13.7 Å². The fraction of sp³-hybridized carbons (Fsp3) is 0.294. The van der Waals surface area contributed by atoms with Gasteiger partial charge in [-0.1, -0.05) is 31.2 Å². The first-order valence-electron chi connectivity index (χ1n) is 6.79. The highest BCUT2D eigenvalue weighted by molar-refractivity contribution is 5.80. The zero-order valence-corrected chi connectivity index (χ0v) is 11.4. The van der Waals surface area contributed by atoms with E-state index in [-0.39, 0.29) is 0 Å². The Hall–Kier alpha value is -1.80. The molecule has 0 heterocycles. The second-order valence-electron chi connectivity index (χ2n) is 5.02. The summed E-state index contributed by atoms with van der Waals surface area (Å²) in [5, 5.41) is 0. The summed E-state index contributed by atoms with van der Waals surface area (Å²) in [5.41, 5.74) is 12.7. The second kappa shape index (κ2) is 4.71. The maximum absolute atomic E-state index is 6.01. The van der Waals surface area contributed by atoms with Crippen LogP contribution in [0, 0.1) is 0 Å². The van der Waals surface area contributed by atoms with Gasteiger partial charge in [0.15, 0.2) is 0 Å². The van der Waals surface area contributed by atoms with Gasteiger partial charge in [0.25, 0.3) is 0 Å². The van der Waals surface area contributed by atoms with Crippen molar-refractivity contribution in [1.82, 2.24) is 0 Å². The Labute approximate surface area is 114 Å². The molecule has 0 saturated carbocycles. The average molecular weight is 253 g/mol. The third-order valence-corrected chi connectivity index (χ3v) is 4.06. The van der Waals surface area contributed by atoms with Crippen LogP contribution < -0.4 is 10.5 Å². The van der Waals surface area contributed by atoms with Crippen molar-refractivity contribution in [3.8, 4) is 16.9 Å². The minimum absolute atomic E-state index is 0.298. The summed E-state index contributed by atoms with van der Waals surface area (Å²) < 4.78 is 5.34. The molecule has 3 rings (SSSR count). The van der Waals surface area contributed by atoms with Crippen LogP contribution in [0.4, 0.5) is 0 Å². The predicted octanol–water partition coefficient (Wildman–Crippen LogP) is 3.33. The number of rotatable bonds is 3. The molecule has 2 heteroatoms. The summed E-state index contributed by atoms with van der Waals surface area (Å²) >= 11 is 0. The van der Waals surface area contributed by atoms with Crippen LogP contribution in [0.15, 0.2) is 36.4 Å². The van der Waals surface area contributed by atoms with E-state index in [2.05, 4.69) is 37.3 Å². The van der Waals surface area contributed by atoms with Gasteiger partial charge in [-0.3, -0.25) is 0 Å². The van der Waals surface area contributed by atoms with E-state index in [1.165, 1.54) is 27.8 Å². The van der Waals surface area contributed by atoms with E-state index in [4.69, 9.17) is 10.5 Å². The smallest absolute Gasteiger partial charge is 0.119 e. The number of fused-ring (bicyclic) bond motifs is 3. The van der Waals surface area contributed by atoms with E-state index in [1.807, 2.05) is 6.07 Å². The molecule has 0 saturated heterocycles. The summed E-state index contributed by atoms with van der Waals surface area (Å²) in [6.07, 6.45) is 1.06. The molecule has 1 atom stereocenters. The summed E-state index contributed by atoms with van der Waals surface area (Å²) in [6, 6.07) is 13.0. The van der Waals surface area contributed by atoms with Gasteiger partial charge in [-0.05, 0) is 46.4 Å². The van der Waals surface area contributed by atoms with Crippen molar-refractivity contribution in [2.24, 2.45) is 5.73 Å². The van der Waals surface area contributed by atoms with Gasteiger partial charge in [0.1, 0.15) is 5.75 Å². The molecular weight excluding hydrogens is 234 g/mol. The van der Waals surface area contributed by atoms with Crippen LogP contribution in [0.3, 0.4) is 0 Å². The number of aryl methyl sites for hydroxylation is 1. The van der Waals surface area contributed by atoms with Crippen molar-refractivity contribution in [1.29, 1.82) is 0 Å². The third-order valence-electron chi connectivity index (χ3n) is 4.06. The average Bonchev–Trinajstić information content (AvgIpc) is 2.78. The van der Waals surface area contributed by atoms with E-state index in [1.54, 1.807) is 7.11 Å². The lowest BCUT2D eigenvalue weighted by Crippen LogP contribution is -2.11. The summed E-state index contributed by atoms with van der Waals surface area (Å²) in [5.74, 6) is 1.20. The largest absolute Gasteiger partial charge is 0.497 e. The Bertz CT molecular complexity index is 565. The maximum Gasteiger partial charge on any atom is 0.119 e. The maximum atomic E-state index is 6.01. The molecule has 2 N–H and O–H groups in total. The first kappa shape index (κ1) is 12.2. The highest BCUT2D eigenvalue weighted by Crippen LogP contribution is 2.45. The summed E-state index contributed by atoms with van der Waals surface area (Å²) in [4.78, 5) is 0. The molecule has 1 aliphatic rings. The summed E-state index contributed by atoms with van der Waals surface area (Å²) in [6.45, 7) is 2.82. The van der Waals surface area contributed by atoms with Crippen LogP contribution >= 0.6 is 0 Å². The lowest BCUT2D eigenvalue weighted by atomic mass is 9.95. The SMILES string of the molecule is CCc1ccc2c(c1)C(CN)c1cc(OC)ccc1-2. The molecule has 2 aromatic carbocycles. The Morgan fingerprint density at radius 2 is 1.74 bits per heavy atom. The molecule has 0 fully saturated rings. The number of nitrogens with two attached hydrogens (primary N) is 1. The van der Waals surface area contributed by atoms with Gasteiger partial charge in [0, 0.05) is 12.5 Å². The number of hydrogen-bond donors (Lipinski definition) is 1. The minimum Gasteiger partial charge on any atom is -0.497 e. The van der Waals surface area contributed by atoms with Gasteiger partial charge in [0.2, 0.25) is 0 Å². The van der Waals surface area contributed by atoms with E-state index in [0.717, 1.165) is 12.2 Å². The molecule has 0 aliphatic heterocycles. The van der Waals surface area contributed by atoms with Gasteiger partial charge in [-0.2, -0.15) is 0 Å². The van der Waals surface area contributed by atoms with Crippen LogP contribution in [0.25, 0.3) is 11.1 Å². The van der Waals surface area contributed by atoms with Gasteiger partial charge in [-0.25, -0.2) is 0 Å². The van der Waals surface area contributed by atoms with Gasteiger partial charge >= 0.3 is 0 Å². The van der Waals surface area contributed by atoms with Gasteiger partial charge in [0.05, 0.1) is 7.11 Å². The van der Waals surface area contributed by atoms with Gasteiger partial charge in [-0.15, -0.1) is 0 Å². The number of methoxy groups -OCH3 is 1. The van der Waals surface area contributed by atoms with Gasteiger partial charge < -0.3 is 10.5 Å². The number of ether oxygens (including phenoxy) is 1. The minimum atomic E-state index is 0.298. The predicted molar refractivity (Wildman–Crippen MR) is 78.7 cm³/mol. The van der Waals surface area contributed by atoms with Crippen LogP contribution in [0.5, 0.6) is 5.75 Å². The van der Waals surface area contributed by atoms with Crippen molar-refractivity contribution >= 4 is 0 Å². The molecule has 0 amide bonds. The molecule has 0 bridgehead atoms. The van der Waals surface area contributed by atoms with Crippen molar-refractivity contribution in [3.63, 3.8) is 0 Å². The number of benzene rings is 2. The van der Waals surface area contributed by atoms with Crippen molar-refractivity contribution < 1.29 is 4.74 Å². The molecule has 19 heavy (non-hydrogen) atoms. The zero-order valence-electron chi connectivity index (χ0n) is 11.4. The Kier molecular flexibility index (Phi) is 3.03. The Morgan fingerprint density at radius 3 is 2.37 bits per heavy atom. The highest BCUT2D eigenvalue weighted by atomic mass is 16.5. The third kappa shape index (κ3) is 1.83. The topological polar surface area (TPSA) is 35.2 Å². The van der Waals surface area contributed by atoms with Crippen molar-refractivity contribution in [2.75, 3.05) is 13.7 Å². The second-order valence-corrected chi connectivity index (χ2v) is 5.02. The quantitative estimate of drug-likeness (QED) is 0.910. The molecule has 1 aliphatic carbocycles. The first-order valence-corrected chi connectivity index (χ1v) is 6.79. The highest BCUT2D eigenvalue weighted by Gasteiger charge is 2.28.